The maximum Gasteiger partial charge on any atom is 0.299 e. The number of hydrogen-bond acceptors (Lipinski definition) is 8. The molecule has 5 aromatic rings. The molecule has 0 aliphatic heterocycles. The van der Waals surface area contributed by atoms with Crippen LogP contribution in [0.4, 0.5) is 0 Å². The minimum absolute atomic E-state index is 0.433. The van der Waals surface area contributed by atoms with Crippen LogP contribution in [0.3, 0.4) is 0 Å². The molecule has 2 aromatic carbocycles. The predicted octanol–water partition coefficient (Wildman–Crippen LogP) is 4.80. The fourth-order valence-electron chi connectivity index (χ4n) is 3.62. The van der Waals surface area contributed by atoms with Gasteiger partial charge in [-0.05, 0) is 46.8 Å². The van der Waals surface area contributed by atoms with E-state index in [-0.39, 0.29) is 0 Å². The zero-order chi connectivity index (χ0) is 21.9. The standard InChI is InChI=1S/C23H18N4O3S2/c1-29-17-5-2-4-16(10-17)13-27-23(30-14-28)18(22(24-27)21-6-3-9-31-21)11-15-7-8-19-20(12-15)26-32-25-19/h2-10,12,14H,11,13H2,1H3. The maximum atomic E-state index is 11.4. The number of rotatable bonds is 8. The van der Waals surface area contributed by atoms with Gasteiger partial charge in [0.1, 0.15) is 22.5 Å². The Morgan fingerprint density at radius 1 is 1.03 bits per heavy atom. The molecule has 0 atom stereocenters. The number of hydrogen-bond donors (Lipinski definition) is 0. The van der Waals surface area contributed by atoms with Crippen molar-refractivity contribution < 1.29 is 14.3 Å². The fourth-order valence-corrected chi connectivity index (χ4v) is 4.88. The van der Waals surface area contributed by atoms with Gasteiger partial charge in [0, 0.05) is 12.0 Å². The van der Waals surface area contributed by atoms with Gasteiger partial charge in [-0.2, -0.15) is 13.8 Å². The number of methoxy groups -OCH3 is 1. The molecule has 0 saturated heterocycles. The van der Waals surface area contributed by atoms with Crippen molar-refractivity contribution in [2.45, 2.75) is 13.0 Å². The number of thiophene rings is 1. The van der Waals surface area contributed by atoms with Gasteiger partial charge in [0.2, 0.25) is 5.88 Å². The second-order valence-corrected chi connectivity index (χ2v) is 8.57. The van der Waals surface area contributed by atoms with Gasteiger partial charge in [-0.3, -0.25) is 4.79 Å². The van der Waals surface area contributed by atoms with Crippen molar-refractivity contribution in [1.29, 1.82) is 0 Å². The van der Waals surface area contributed by atoms with Gasteiger partial charge in [-0.15, -0.1) is 11.3 Å². The second-order valence-electron chi connectivity index (χ2n) is 7.10. The molecule has 0 radical (unpaired) electrons. The number of nitrogens with zero attached hydrogens (tertiary/aromatic N) is 4. The number of carbonyl (C=O) groups is 1. The summed E-state index contributed by atoms with van der Waals surface area (Å²) in [5.41, 5.74) is 5.41. The molecular weight excluding hydrogens is 444 g/mol. The van der Waals surface area contributed by atoms with Crippen LogP contribution in [0.2, 0.25) is 0 Å². The lowest BCUT2D eigenvalue weighted by Gasteiger charge is -2.09. The smallest absolute Gasteiger partial charge is 0.299 e. The van der Waals surface area contributed by atoms with E-state index >= 15 is 0 Å². The minimum atomic E-state index is 0.433. The third-order valence-electron chi connectivity index (χ3n) is 5.08. The molecule has 9 heteroatoms. The number of benzene rings is 2. The van der Waals surface area contributed by atoms with Crippen molar-refractivity contribution in [3.05, 3.63) is 76.7 Å². The van der Waals surface area contributed by atoms with Gasteiger partial charge < -0.3 is 9.47 Å². The van der Waals surface area contributed by atoms with E-state index in [1.54, 1.807) is 23.1 Å². The first kappa shape index (κ1) is 20.3. The van der Waals surface area contributed by atoms with Crippen LogP contribution in [0.1, 0.15) is 16.7 Å². The molecule has 32 heavy (non-hydrogen) atoms. The SMILES string of the molecule is COc1cccc(Cn2nc(-c3cccs3)c(Cc3ccc4nsnc4c3)c2OC=O)c1. The Kier molecular flexibility index (Phi) is 5.66. The first-order chi connectivity index (χ1) is 15.7. The predicted molar refractivity (Wildman–Crippen MR) is 125 cm³/mol. The summed E-state index contributed by atoms with van der Waals surface area (Å²) in [5.74, 6) is 1.19. The molecule has 0 aliphatic rings. The quantitative estimate of drug-likeness (QED) is 0.308. The topological polar surface area (TPSA) is 79.1 Å². The van der Waals surface area contributed by atoms with E-state index < -0.39 is 0 Å². The van der Waals surface area contributed by atoms with Crippen LogP contribution in [0, 0.1) is 0 Å². The Labute approximate surface area is 192 Å². The summed E-state index contributed by atoms with van der Waals surface area (Å²) in [6.07, 6.45) is 0.544. The fraction of sp³-hybridized carbons (Fsp3) is 0.130. The second kappa shape index (κ2) is 8.89. The van der Waals surface area contributed by atoms with E-state index in [9.17, 15) is 4.79 Å². The Hall–Kier alpha value is -3.56. The van der Waals surface area contributed by atoms with Crippen molar-refractivity contribution in [3.63, 3.8) is 0 Å². The van der Waals surface area contributed by atoms with Crippen molar-refractivity contribution in [3.8, 4) is 22.2 Å². The summed E-state index contributed by atoms with van der Waals surface area (Å²) >= 11 is 2.79. The maximum absolute atomic E-state index is 11.4. The molecule has 0 fully saturated rings. The minimum Gasteiger partial charge on any atom is -0.497 e. The normalized spacial score (nSPS) is 11.0. The number of ether oxygens (including phenoxy) is 2. The van der Waals surface area contributed by atoms with Gasteiger partial charge in [0.25, 0.3) is 6.47 Å². The van der Waals surface area contributed by atoms with Gasteiger partial charge in [-0.1, -0.05) is 24.3 Å². The van der Waals surface area contributed by atoms with E-state index in [0.29, 0.717) is 25.3 Å². The van der Waals surface area contributed by atoms with E-state index in [0.717, 1.165) is 44.0 Å². The molecule has 0 N–H and O–H groups in total. The van der Waals surface area contributed by atoms with Crippen molar-refractivity contribution in [2.75, 3.05) is 7.11 Å². The summed E-state index contributed by atoms with van der Waals surface area (Å²) < 4.78 is 21.2. The molecule has 0 bridgehead atoms. The molecule has 160 valence electrons. The average molecular weight is 463 g/mol. The Morgan fingerprint density at radius 3 is 2.75 bits per heavy atom. The van der Waals surface area contributed by atoms with Gasteiger partial charge in [0.15, 0.2) is 0 Å². The Bertz CT molecular complexity index is 1380. The van der Waals surface area contributed by atoms with Crippen molar-refractivity contribution >= 4 is 40.6 Å². The molecule has 7 nitrogen and oxygen atoms in total. The van der Waals surface area contributed by atoms with Crippen LogP contribution < -0.4 is 9.47 Å². The molecule has 0 aliphatic carbocycles. The lowest BCUT2D eigenvalue weighted by molar-refractivity contribution is -0.121. The van der Waals surface area contributed by atoms with Crippen LogP contribution in [0.15, 0.2) is 60.0 Å². The molecule has 5 rings (SSSR count). The van der Waals surface area contributed by atoms with E-state index in [2.05, 4.69) is 8.75 Å². The molecule has 0 unspecified atom stereocenters. The van der Waals surface area contributed by atoms with E-state index in [1.807, 2.05) is 60.0 Å². The lowest BCUT2D eigenvalue weighted by atomic mass is 10.0. The summed E-state index contributed by atoms with van der Waals surface area (Å²) in [7, 11) is 1.63. The monoisotopic (exact) mass is 462 g/mol. The number of aromatic nitrogens is 4. The van der Waals surface area contributed by atoms with E-state index in [4.69, 9.17) is 14.6 Å². The van der Waals surface area contributed by atoms with Crippen molar-refractivity contribution in [1.82, 2.24) is 18.5 Å². The highest BCUT2D eigenvalue weighted by Crippen LogP contribution is 2.35. The highest BCUT2D eigenvalue weighted by atomic mass is 32.1. The van der Waals surface area contributed by atoms with Crippen LogP contribution in [-0.2, 0) is 17.8 Å². The van der Waals surface area contributed by atoms with Gasteiger partial charge in [-0.25, -0.2) is 4.68 Å². The highest BCUT2D eigenvalue weighted by Gasteiger charge is 2.22. The molecule has 3 heterocycles. The lowest BCUT2D eigenvalue weighted by Crippen LogP contribution is -2.06. The zero-order valence-electron chi connectivity index (χ0n) is 17.1. The Balaban J connectivity index is 1.60. The average Bonchev–Trinajstić information content (AvgIpc) is 3.56. The molecular formula is C23H18N4O3S2. The van der Waals surface area contributed by atoms with Gasteiger partial charge in [0.05, 0.1) is 30.3 Å². The third-order valence-corrected chi connectivity index (χ3v) is 6.51. The zero-order valence-corrected chi connectivity index (χ0v) is 18.7. The van der Waals surface area contributed by atoms with E-state index in [1.165, 1.54) is 11.7 Å². The number of fused-ring (bicyclic) bond motifs is 1. The summed E-state index contributed by atoms with van der Waals surface area (Å²) in [6.45, 7) is 0.891. The number of carbonyl (C=O) groups excluding carboxylic acids is 1. The summed E-state index contributed by atoms with van der Waals surface area (Å²) in [6, 6.07) is 17.7. The highest BCUT2D eigenvalue weighted by molar-refractivity contribution is 7.13. The van der Waals surface area contributed by atoms with Crippen LogP contribution >= 0.6 is 23.1 Å². The molecule has 0 spiro atoms. The molecule has 0 amide bonds. The largest absolute Gasteiger partial charge is 0.497 e. The van der Waals surface area contributed by atoms with Gasteiger partial charge >= 0.3 is 0 Å². The van der Waals surface area contributed by atoms with Crippen LogP contribution in [0.5, 0.6) is 11.6 Å². The Morgan fingerprint density at radius 2 is 1.94 bits per heavy atom. The summed E-state index contributed by atoms with van der Waals surface area (Å²) in [5, 5.41) is 6.85. The van der Waals surface area contributed by atoms with Crippen LogP contribution in [-0.4, -0.2) is 32.1 Å². The first-order valence-electron chi connectivity index (χ1n) is 9.83. The third kappa shape index (κ3) is 4.00. The molecule has 3 aromatic heterocycles. The van der Waals surface area contributed by atoms with Crippen LogP contribution in [0.25, 0.3) is 21.6 Å². The molecule has 0 saturated carbocycles. The van der Waals surface area contributed by atoms with Crippen molar-refractivity contribution in [2.24, 2.45) is 0 Å². The first-order valence-corrected chi connectivity index (χ1v) is 11.4. The summed E-state index contributed by atoms with van der Waals surface area (Å²) in [4.78, 5) is 12.4.